The maximum atomic E-state index is 12.8. The second-order valence-electron chi connectivity index (χ2n) is 9.59. The highest BCUT2D eigenvalue weighted by Crippen LogP contribution is 2.10. The van der Waals surface area contributed by atoms with Gasteiger partial charge in [-0.05, 0) is 60.0 Å². The van der Waals surface area contributed by atoms with Crippen molar-refractivity contribution < 1.29 is 19.2 Å². The second kappa shape index (κ2) is 13.7. The van der Waals surface area contributed by atoms with Gasteiger partial charge in [0.1, 0.15) is 0 Å². The van der Waals surface area contributed by atoms with Crippen LogP contribution in [-0.2, 0) is 19.6 Å². The summed E-state index contributed by atoms with van der Waals surface area (Å²) >= 11 is 0. The number of carbonyl (C=O) groups excluding carboxylic acids is 4. The minimum atomic E-state index is -0.284. The lowest BCUT2D eigenvalue weighted by atomic mass is 10.1. The van der Waals surface area contributed by atoms with Crippen molar-refractivity contribution in [3.63, 3.8) is 0 Å². The average Bonchev–Trinajstić information content (AvgIpc) is 3.01. The summed E-state index contributed by atoms with van der Waals surface area (Å²) in [5.74, 6) is -1.07. The number of carbonyl (C=O) groups is 4. The minimum Gasteiger partial charge on any atom is -0.355 e. The van der Waals surface area contributed by atoms with Crippen molar-refractivity contribution in [2.75, 3.05) is 7.05 Å². The van der Waals surface area contributed by atoms with E-state index in [9.17, 15) is 19.2 Å². The molecule has 0 radical (unpaired) electrons. The van der Waals surface area contributed by atoms with E-state index in [1.54, 1.807) is 48.5 Å². The molecule has 4 aromatic rings. The Morgan fingerprint density at radius 3 is 1.29 bits per heavy atom. The Balaban J connectivity index is 1.26. The zero-order valence-corrected chi connectivity index (χ0v) is 23.0. The third-order valence-electron chi connectivity index (χ3n) is 6.47. The van der Waals surface area contributed by atoms with E-state index in [0.717, 1.165) is 22.3 Å². The minimum absolute atomic E-state index is 0.247. The highest BCUT2D eigenvalue weighted by Gasteiger charge is 2.12. The summed E-state index contributed by atoms with van der Waals surface area (Å²) in [4.78, 5) is 49.7. The number of hydrogen-bond acceptors (Lipinski definition) is 4. The topological polar surface area (TPSA) is 116 Å². The van der Waals surface area contributed by atoms with Crippen LogP contribution in [0.5, 0.6) is 0 Å². The molecule has 0 atom stereocenters. The first-order chi connectivity index (χ1) is 19.8. The van der Waals surface area contributed by atoms with E-state index in [1.807, 2.05) is 55.5 Å². The van der Waals surface area contributed by atoms with Crippen LogP contribution < -0.4 is 21.3 Å². The summed E-state index contributed by atoms with van der Waals surface area (Å²) in [6.45, 7) is 3.03. The molecule has 0 aliphatic heterocycles. The lowest BCUT2D eigenvalue weighted by molar-refractivity contribution is 0.0937. The highest BCUT2D eigenvalue weighted by atomic mass is 16.2. The molecule has 0 aliphatic carbocycles. The molecule has 0 aromatic heterocycles. The van der Waals surface area contributed by atoms with Crippen LogP contribution in [0, 0.1) is 6.92 Å². The van der Waals surface area contributed by atoms with Crippen molar-refractivity contribution in [3.8, 4) is 0 Å². The quantitative estimate of drug-likeness (QED) is 0.238. The van der Waals surface area contributed by atoms with Gasteiger partial charge in [0.2, 0.25) is 0 Å². The zero-order valence-electron chi connectivity index (χ0n) is 23.0. The number of nitrogens with one attached hydrogen (secondary N) is 4. The molecule has 0 aliphatic rings. The summed E-state index contributed by atoms with van der Waals surface area (Å²) < 4.78 is 0. The van der Waals surface area contributed by atoms with Crippen LogP contribution in [0.1, 0.15) is 63.7 Å². The SMILES string of the molecule is CNC(=O)c1cccc(C(=O)NCc2ccc(CNC(=O)c3cccc(C(=O)NCc4cccc(C)c4)c3)cc2)c1. The van der Waals surface area contributed by atoms with Crippen LogP contribution >= 0.6 is 0 Å². The molecular formula is C33H32N4O4. The number of rotatable bonds is 10. The van der Waals surface area contributed by atoms with Crippen molar-refractivity contribution in [3.05, 3.63) is 142 Å². The smallest absolute Gasteiger partial charge is 0.251 e. The molecule has 0 saturated carbocycles. The van der Waals surface area contributed by atoms with E-state index < -0.39 is 0 Å². The summed E-state index contributed by atoms with van der Waals surface area (Å²) in [6, 6.07) is 28.6. The summed E-state index contributed by atoms with van der Waals surface area (Å²) in [5.41, 5.74) is 5.54. The third-order valence-corrected chi connectivity index (χ3v) is 6.47. The van der Waals surface area contributed by atoms with Crippen molar-refractivity contribution in [2.45, 2.75) is 26.6 Å². The van der Waals surface area contributed by atoms with Crippen LogP contribution in [0.2, 0.25) is 0 Å². The number of hydrogen-bond donors (Lipinski definition) is 4. The monoisotopic (exact) mass is 548 g/mol. The Bertz CT molecular complexity index is 1560. The number of aryl methyl sites for hydroxylation is 1. The first kappa shape index (κ1) is 28.8. The first-order valence-corrected chi connectivity index (χ1v) is 13.2. The van der Waals surface area contributed by atoms with Gasteiger partial charge in [-0.1, -0.05) is 66.2 Å². The van der Waals surface area contributed by atoms with Gasteiger partial charge in [-0.3, -0.25) is 19.2 Å². The molecule has 4 amide bonds. The first-order valence-electron chi connectivity index (χ1n) is 13.2. The molecule has 0 heterocycles. The van der Waals surface area contributed by atoms with E-state index >= 15 is 0 Å². The Morgan fingerprint density at radius 1 is 0.488 bits per heavy atom. The fraction of sp³-hybridized carbons (Fsp3) is 0.152. The normalized spacial score (nSPS) is 10.4. The van der Waals surface area contributed by atoms with Gasteiger partial charge in [-0.15, -0.1) is 0 Å². The maximum absolute atomic E-state index is 12.8. The number of amides is 4. The van der Waals surface area contributed by atoms with Crippen molar-refractivity contribution in [2.24, 2.45) is 0 Å². The maximum Gasteiger partial charge on any atom is 0.251 e. The summed E-state index contributed by atoms with van der Waals surface area (Å²) in [5, 5.41) is 11.2. The Hall–Kier alpha value is -5.24. The van der Waals surface area contributed by atoms with Crippen molar-refractivity contribution in [1.82, 2.24) is 21.3 Å². The van der Waals surface area contributed by atoms with E-state index in [1.165, 1.54) is 7.05 Å². The molecule has 4 rings (SSSR count). The fourth-order valence-corrected chi connectivity index (χ4v) is 4.20. The number of benzene rings is 4. The lowest BCUT2D eigenvalue weighted by Crippen LogP contribution is -2.25. The van der Waals surface area contributed by atoms with Crippen LogP contribution in [0.4, 0.5) is 0 Å². The molecule has 8 nitrogen and oxygen atoms in total. The molecule has 0 unspecified atom stereocenters. The molecule has 4 aromatic carbocycles. The van der Waals surface area contributed by atoms with Gasteiger partial charge in [0.05, 0.1) is 0 Å². The Kier molecular flexibility index (Phi) is 9.62. The molecule has 8 heteroatoms. The molecule has 0 spiro atoms. The van der Waals surface area contributed by atoms with Crippen molar-refractivity contribution in [1.29, 1.82) is 0 Å². The van der Waals surface area contributed by atoms with E-state index in [-0.39, 0.29) is 23.6 Å². The molecule has 4 N–H and O–H groups in total. The molecule has 0 bridgehead atoms. The molecule has 0 saturated heterocycles. The highest BCUT2D eigenvalue weighted by molar-refractivity contribution is 6.00. The van der Waals surface area contributed by atoms with Crippen molar-refractivity contribution >= 4 is 23.6 Å². The molecule has 208 valence electrons. The molecular weight excluding hydrogens is 516 g/mol. The zero-order chi connectivity index (χ0) is 29.2. The van der Waals surface area contributed by atoms with E-state index in [0.29, 0.717) is 41.9 Å². The Morgan fingerprint density at radius 2 is 0.878 bits per heavy atom. The molecule has 41 heavy (non-hydrogen) atoms. The van der Waals surface area contributed by atoms with Crippen LogP contribution in [-0.4, -0.2) is 30.7 Å². The van der Waals surface area contributed by atoms with Gasteiger partial charge in [0, 0.05) is 48.9 Å². The Labute approximate surface area is 239 Å². The second-order valence-corrected chi connectivity index (χ2v) is 9.59. The van der Waals surface area contributed by atoms with Gasteiger partial charge in [-0.2, -0.15) is 0 Å². The van der Waals surface area contributed by atoms with E-state index in [4.69, 9.17) is 0 Å². The van der Waals surface area contributed by atoms with Gasteiger partial charge >= 0.3 is 0 Å². The van der Waals surface area contributed by atoms with Crippen LogP contribution in [0.3, 0.4) is 0 Å². The fourth-order valence-electron chi connectivity index (χ4n) is 4.20. The predicted octanol–water partition coefficient (Wildman–Crippen LogP) is 4.14. The van der Waals surface area contributed by atoms with Gasteiger partial charge < -0.3 is 21.3 Å². The van der Waals surface area contributed by atoms with Crippen LogP contribution in [0.15, 0.2) is 97.1 Å². The predicted molar refractivity (Wildman–Crippen MR) is 157 cm³/mol. The van der Waals surface area contributed by atoms with E-state index in [2.05, 4.69) is 21.3 Å². The average molecular weight is 549 g/mol. The van der Waals surface area contributed by atoms with Gasteiger partial charge in [0.25, 0.3) is 23.6 Å². The lowest BCUT2D eigenvalue weighted by Gasteiger charge is -2.10. The van der Waals surface area contributed by atoms with Gasteiger partial charge in [0.15, 0.2) is 0 Å². The summed E-state index contributed by atoms with van der Waals surface area (Å²) in [7, 11) is 1.54. The third kappa shape index (κ3) is 8.12. The standard InChI is InChI=1S/C33H32N4O4/c1-22-6-3-7-25(16-22)21-37-33(41)29-11-5-10-28(18-29)32(40)36-20-24-14-12-23(13-15-24)19-35-31(39)27-9-4-8-26(17-27)30(38)34-2/h3-18H,19-21H2,1-2H3,(H,34,38)(H,35,39)(H,36,40)(H,37,41). The largest absolute Gasteiger partial charge is 0.355 e. The molecule has 0 fully saturated rings. The van der Waals surface area contributed by atoms with Gasteiger partial charge in [-0.25, -0.2) is 0 Å². The van der Waals surface area contributed by atoms with Crippen LogP contribution in [0.25, 0.3) is 0 Å². The summed E-state index contributed by atoms with van der Waals surface area (Å²) in [6.07, 6.45) is 0.